The first kappa shape index (κ1) is 47.2. The topological polar surface area (TPSA) is 157 Å². The molecule has 1 amide bonds. The van der Waals surface area contributed by atoms with Gasteiger partial charge in [0.15, 0.2) is 0 Å². The van der Waals surface area contributed by atoms with Crippen LogP contribution in [-0.4, -0.2) is 10.8 Å². The molecule has 290 valence electrons. The first-order chi connectivity index (χ1) is 26.2. The van der Waals surface area contributed by atoms with Crippen molar-refractivity contribution in [2.75, 3.05) is 5.73 Å². The third-order valence-electron chi connectivity index (χ3n) is 7.67. The van der Waals surface area contributed by atoms with Crippen LogP contribution in [0.3, 0.4) is 0 Å². The van der Waals surface area contributed by atoms with E-state index in [0.29, 0.717) is 16.7 Å². The number of benzene rings is 6. The Labute approximate surface area is 328 Å². The number of nitrogens with two attached hydrogens (primary N) is 3. The zero-order chi connectivity index (χ0) is 41.2. The first-order valence-corrected chi connectivity index (χ1v) is 17.8. The molecule has 0 aliphatic carbocycles. The molecule has 0 spiro atoms. The summed E-state index contributed by atoms with van der Waals surface area (Å²) in [6.45, 7) is 13.6. The SMILES string of the molecule is Cc1ccccc1C.Cc1ccccc1C(N)=O.Cc1ccccc1F.Cc1ccccc1N.Cc1ccccc1SOON.Cc1ccccc1[N+](=O)[O-]. The molecule has 0 fully saturated rings. The van der Waals surface area contributed by atoms with Gasteiger partial charge in [-0.3, -0.25) is 14.9 Å². The molecule has 0 unspecified atom stereocenters. The summed E-state index contributed by atoms with van der Waals surface area (Å²) in [6, 6.07) is 44.6. The van der Waals surface area contributed by atoms with Gasteiger partial charge < -0.3 is 11.5 Å². The third-order valence-corrected chi connectivity index (χ3v) is 8.45. The molecular weight excluding hydrogens is 716 g/mol. The molecule has 6 aromatic rings. The molecule has 0 aliphatic heterocycles. The van der Waals surface area contributed by atoms with Crippen LogP contribution in [0.25, 0.3) is 0 Å². The number of nitro benzene ring substituents is 1. The summed E-state index contributed by atoms with van der Waals surface area (Å²) in [6.07, 6.45) is 0. The molecule has 6 rings (SSSR count). The highest BCUT2D eigenvalue weighted by Gasteiger charge is 2.06. The maximum absolute atomic E-state index is 12.3. The number of carbonyl (C=O) groups excluding carboxylic acids is 1. The number of hydrogen-bond donors (Lipinski definition) is 3. The van der Waals surface area contributed by atoms with Gasteiger partial charge in [0.25, 0.3) is 5.69 Å². The second kappa shape index (κ2) is 26.8. The van der Waals surface area contributed by atoms with Crippen molar-refractivity contribution in [1.29, 1.82) is 0 Å². The molecule has 9 nitrogen and oxygen atoms in total. The standard InChI is InChI=1S/C8H9NO.C8H10.C7H7F.C7H9NO2S.C7H7NO2.C7H9N/c1-6-4-2-3-5-7(6)8(9)10;1-7-5-3-4-6-8(7)2;1-6-4-2-3-5-7(6)8;1-6-4-2-3-5-7(6)11-10-9-8;1-6-4-2-3-5-7(6)8(9)10;1-6-4-2-3-5-7(6)8/h2-5H,1H3,(H2,9,10);3-6H,1-2H3;2-5H,1H3;2-5H,8H2,1H3;2-5H,1H3;2-5H,8H2,1H3. The van der Waals surface area contributed by atoms with Crippen LogP contribution in [0.1, 0.15) is 49.3 Å². The lowest BCUT2D eigenvalue weighted by molar-refractivity contribution is -0.385. The maximum Gasteiger partial charge on any atom is 0.272 e. The summed E-state index contributed by atoms with van der Waals surface area (Å²) in [4.78, 5) is 25.5. The Bertz CT molecular complexity index is 1820. The smallest absolute Gasteiger partial charge is 0.272 e. The predicted octanol–water partition coefficient (Wildman–Crippen LogP) is 10.8. The van der Waals surface area contributed by atoms with Crippen LogP contribution in [0, 0.1) is 64.4 Å². The van der Waals surface area contributed by atoms with Crippen LogP contribution in [0.5, 0.6) is 0 Å². The van der Waals surface area contributed by atoms with E-state index >= 15 is 0 Å². The zero-order valence-corrected chi connectivity index (χ0v) is 33.2. The Hall–Kier alpha value is -5.85. The van der Waals surface area contributed by atoms with Gasteiger partial charge in [-0.15, -0.1) is 9.32 Å². The number of aryl methyl sites for hydroxylation is 7. The summed E-state index contributed by atoms with van der Waals surface area (Å²) in [5.74, 6) is 4.19. The number of para-hydroxylation sites is 2. The second-order valence-corrected chi connectivity index (χ2v) is 12.7. The van der Waals surface area contributed by atoms with Crippen molar-refractivity contribution in [2.24, 2.45) is 11.6 Å². The highest BCUT2D eigenvalue weighted by atomic mass is 32.2. The first-order valence-electron chi connectivity index (χ1n) is 17.0. The number of primary amides is 1. The molecular formula is C44H51FN4O5S. The molecule has 0 bridgehead atoms. The van der Waals surface area contributed by atoms with Gasteiger partial charge >= 0.3 is 0 Å². The largest absolute Gasteiger partial charge is 0.399 e. The van der Waals surface area contributed by atoms with Gasteiger partial charge in [-0.05, 0) is 106 Å². The lowest BCUT2D eigenvalue weighted by atomic mass is 10.1. The normalized spacial score (nSPS) is 9.40. The monoisotopic (exact) mass is 766 g/mol. The number of carbonyl (C=O) groups is 1. The number of rotatable bonds is 5. The van der Waals surface area contributed by atoms with E-state index in [2.05, 4.69) is 53.3 Å². The molecule has 0 saturated heterocycles. The number of nitrogen functional groups attached to an aromatic ring is 1. The van der Waals surface area contributed by atoms with Gasteiger partial charge in [-0.25, -0.2) is 4.39 Å². The molecule has 6 N–H and O–H groups in total. The molecule has 11 heteroatoms. The van der Waals surface area contributed by atoms with E-state index in [1.54, 1.807) is 56.3 Å². The summed E-state index contributed by atoms with van der Waals surface area (Å²) < 4.78 is 16.8. The average molecular weight is 767 g/mol. The summed E-state index contributed by atoms with van der Waals surface area (Å²) >= 11 is 1.10. The van der Waals surface area contributed by atoms with Crippen LogP contribution < -0.4 is 17.4 Å². The number of hydrogen-bond acceptors (Lipinski definition) is 8. The van der Waals surface area contributed by atoms with Gasteiger partial charge in [0, 0.05) is 27.8 Å². The fraction of sp³-hybridized carbons (Fsp3) is 0.159. The summed E-state index contributed by atoms with van der Waals surface area (Å²) in [5, 5.41) is 10.2. The Morgan fingerprint density at radius 1 is 0.582 bits per heavy atom. The molecule has 0 aliphatic rings. The summed E-state index contributed by atoms with van der Waals surface area (Å²) in [5.41, 5.74) is 19.6. The van der Waals surface area contributed by atoms with Gasteiger partial charge in [0.05, 0.1) is 17.0 Å². The fourth-order valence-corrected chi connectivity index (χ4v) is 4.57. The van der Waals surface area contributed by atoms with Gasteiger partial charge in [-0.1, -0.05) is 115 Å². The Morgan fingerprint density at radius 2 is 1.00 bits per heavy atom. The third kappa shape index (κ3) is 19.7. The molecule has 0 heterocycles. The van der Waals surface area contributed by atoms with E-state index < -0.39 is 0 Å². The highest BCUT2D eigenvalue weighted by molar-refractivity contribution is 7.94. The van der Waals surface area contributed by atoms with E-state index in [0.717, 1.165) is 39.3 Å². The van der Waals surface area contributed by atoms with E-state index in [4.69, 9.17) is 11.5 Å². The minimum atomic E-state index is -0.380. The average Bonchev–Trinajstić information content (AvgIpc) is 3.16. The molecule has 0 saturated carbocycles. The van der Waals surface area contributed by atoms with Crippen molar-refractivity contribution in [3.05, 3.63) is 206 Å². The van der Waals surface area contributed by atoms with E-state index in [1.165, 1.54) is 23.3 Å². The van der Waals surface area contributed by atoms with Crippen molar-refractivity contribution in [3.8, 4) is 0 Å². The maximum atomic E-state index is 12.3. The van der Waals surface area contributed by atoms with Gasteiger partial charge in [-0.2, -0.15) is 5.90 Å². The van der Waals surface area contributed by atoms with E-state index in [-0.39, 0.29) is 22.3 Å². The lowest BCUT2D eigenvalue weighted by Crippen LogP contribution is -2.12. The van der Waals surface area contributed by atoms with Crippen molar-refractivity contribution in [1.82, 2.24) is 0 Å². The van der Waals surface area contributed by atoms with Crippen LogP contribution in [0.4, 0.5) is 15.8 Å². The van der Waals surface area contributed by atoms with Crippen molar-refractivity contribution < 1.29 is 23.4 Å². The van der Waals surface area contributed by atoms with Crippen molar-refractivity contribution in [2.45, 2.75) is 53.4 Å². The number of halogens is 1. The fourth-order valence-electron chi connectivity index (χ4n) is 4.12. The van der Waals surface area contributed by atoms with Crippen LogP contribution in [-0.2, 0) is 9.32 Å². The Balaban J connectivity index is 0.000000331. The number of nitro groups is 1. The quantitative estimate of drug-likeness (QED) is 0.0514. The number of nitrogens with zero attached hydrogens (tertiary/aromatic N) is 1. The van der Waals surface area contributed by atoms with Crippen LogP contribution in [0.2, 0.25) is 0 Å². The van der Waals surface area contributed by atoms with E-state index in [1.807, 2.05) is 87.5 Å². The zero-order valence-electron chi connectivity index (χ0n) is 32.4. The predicted molar refractivity (Wildman–Crippen MR) is 224 cm³/mol. The molecule has 55 heavy (non-hydrogen) atoms. The van der Waals surface area contributed by atoms with E-state index in [9.17, 15) is 19.3 Å². The number of anilines is 1. The summed E-state index contributed by atoms with van der Waals surface area (Å²) in [7, 11) is 0. The Morgan fingerprint density at radius 3 is 1.33 bits per heavy atom. The minimum Gasteiger partial charge on any atom is -0.399 e. The molecule has 6 aromatic carbocycles. The minimum absolute atomic E-state index is 0.132. The second-order valence-electron chi connectivity index (χ2n) is 11.9. The van der Waals surface area contributed by atoms with Gasteiger partial charge in [0.1, 0.15) is 5.82 Å². The molecule has 0 aromatic heterocycles. The van der Waals surface area contributed by atoms with Crippen molar-refractivity contribution >= 4 is 29.3 Å². The molecule has 0 radical (unpaired) electrons. The Kier molecular flexibility index (Phi) is 23.0. The van der Waals surface area contributed by atoms with Crippen molar-refractivity contribution in [3.63, 3.8) is 0 Å². The van der Waals surface area contributed by atoms with Gasteiger partial charge in [0.2, 0.25) is 5.91 Å². The van der Waals surface area contributed by atoms with Crippen LogP contribution >= 0.6 is 12.0 Å². The lowest BCUT2D eigenvalue weighted by Gasteiger charge is -2.00. The highest BCUT2D eigenvalue weighted by Crippen LogP contribution is 2.22. The molecule has 0 atom stereocenters. The number of amides is 1. The van der Waals surface area contributed by atoms with Crippen LogP contribution in [0.15, 0.2) is 150 Å².